The summed E-state index contributed by atoms with van der Waals surface area (Å²) in [6, 6.07) is 2.01. The predicted molar refractivity (Wildman–Crippen MR) is 144 cm³/mol. The molecule has 2 aliphatic rings. The van der Waals surface area contributed by atoms with Crippen molar-refractivity contribution < 1.29 is 24.2 Å². The van der Waals surface area contributed by atoms with Crippen molar-refractivity contribution in [2.24, 2.45) is 5.92 Å². The molecular weight excluding hydrogens is 516 g/mol. The van der Waals surface area contributed by atoms with Crippen LogP contribution in [0.15, 0.2) is 9.70 Å². The Balaban J connectivity index is 2.02. The first-order chi connectivity index (χ1) is 17.6. The number of amides is 1. The number of hydrogen-bond donors (Lipinski definition) is 1. The van der Waals surface area contributed by atoms with Gasteiger partial charge in [0.05, 0.1) is 17.4 Å². The molecule has 1 N–H and O–H groups in total. The first-order valence-electron chi connectivity index (χ1n) is 12.2. The first-order valence-corrected chi connectivity index (χ1v) is 13.4. The second-order valence-electron chi connectivity index (χ2n) is 8.74. The Kier molecular flexibility index (Phi) is 9.50. The Morgan fingerprint density at radius 3 is 2.51 bits per heavy atom. The van der Waals surface area contributed by atoms with Crippen molar-refractivity contribution in [3.8, 4) is 6.07 Å². The van der Waals surface area contributed by atoms with Crippen LogP contribution in [0.4, 0.5) is 5.82 Å². The molecule has 0 spiro atoms. The van der Waals surface area contributed by atoms with Gasteiger partial charge in [0.1, 0.15) is 21.8 Å². The molecule has 3 heterocycles. The molecule has 1 amide bonds. The number of thioether (sulfide) groups is 1. The van der Waals surface area contributed by atoms with Gasteiger partial charge in [0.15, 0.2) is 0 Å². The van der Waals surface area contributed by atoms with Crippen LogP contribution in [-0.4, -0.2) is 63.0 Å². The molecule has 0 bridgehead atoms. The number of carbonyl (C=O) groups is 3. The number of nitriles is 1. The lowest BCUT2D eigenvalue weighted by molar-refractivity contribution is -0.148. The highest BCUT2D eigenvalue weighted by atomic mass is 32.2. The molecule has 0 aromatic carbocycles. The maximum atomic E-state index is 13.2. The fourth-order valence-electron chi connectivity index (χ4n) is 4.58. The van der Waals surface area contributed by atoms with Crippen molar-refractivity contribution in [1.29, 1.82) is 5.26 Å². The van der Waals surface area contributed by atoms with Gasteiger partial charge in [0, 0.05) is 38.2 Å². The summed E-state index contributed by atoms with van der Waals surface area (Å²) in [6.45, 7) is 7.12. The summed E-state index contributed by atoms with van der Waals surface area (Å²) in [7, 11) is 0. The molecule has 10 nitrogen and oxygen atoms in total. The van der Waals surface area contributed by atoms with Gasteiger partial charge in [-0.15, -0.1) is 0 Å². The quantitative estimate of drug-likeness (QED) is 0.280. The molecule has 198 valence electrons. The minimum absolute atomic E-state index is 0.00944. The van der Waals surface area contributed by atoms with Crippen LogP contribution >= 0.6 is 24.0 Å². The van der Waals surface area contributed by atoms with Crippen LogP contribution in [0.5, 0.6) is 0 Å². The Labute approximate surface area is 224 Å². The zero-order valence-corrected chi connectivity index (χ0v) is 22.7. The van der Waals surface area contributed by atoms with Crippen LogP contribution in [-0.2, 0) is 25.7 Å². The van der Waals surface area contributed by atoms with Crippen molar-refractivity contribution in [3.05, 3.63) is 31.9 Å². The largest absolute Gasteiger partial charge is 0.481 e. The number of esters is 1. The topological polar surface area (TPSA) is 133 Å². The number of carboxylic acid groups (broad SMARTS) is 1. The zero-order valence-electron chi connectivity index (χ0n) is 21.1. The average molecular weight is 547 g/mol. The summed E-state index contributed by atoms with van der Waals surface area (Å²) < 4.78 is 7.04. The van der Waals surface area contributed by atoms with Gasteiger partial charge in [-0.2, -0.15) is 5.26 Å². The molecule has 2 aliphatic heterocycles. The Morgan fingerprint density at radius 1 is 1.27 bits per heavy atom. The van der Waals surface area contributed by atoms with Gasteiger partial charge in [-0.1, -0.05) is 24.0 Å². The number of aromatic nitrogens is 1. The van der Waals surface area contributed by atoms with E-state index in [-0.39, 0.29) is 42.7 Å². The van der Waals surface area contributed by atoms with Crippen molar-refractivity contribution in [2.45, 2.75) is 53.0 Å². The monoisotopic (exact) mass is 546 g/mol. The van der Waals surface area contributed by atoms with Gasteiger partial charge < -0.3 is 14.7 Å². The highest BCUT2D eigenvalue weighted by Gasteiger charge is 2.34. The highest BCUT2D eigenvalue weighted by molar-refractivity contribution is 8.26. The van der Waals surface area contributed by atoms with Gasteiger partial charge in [-0.05, 0) is 51.7 Å². The molecule has 0 saturated carbocycles. The van der Waals surface area contributed by atoms with E-state index in [4.69, 9.17) is 22.1 Å². The third-order valence-electron chi connectivity index (χ3n) is 6.50. The molecular formula is C25H30N4O6S2. The fraction of sp³-hybridized carbons (Fsp3) is 0.520. The molecule has 0 aliphatic carbocycles. The molecule has 37 heavy (non-hydrogen) atoms. The number of nitrogens with zero attached hydrogens (tertiary/aromatic N) is 4. The van der Waals surface area contributed by atoms with E-state index in [1.54, 1.807) is 19.9 Å². The summed E-state index contributed by atoms with van der Waals surface area (Å²) in [6.07, 6.45) is 2.98. The maximum absolute atomic E-state index is 13.2. The molecule has 2 fully saturated rings. The van der Waals surface area contributed by atoms with Crippen LogP contribution in [0.25, 0.3) is 6.08 Å². The van der Waals surface area contributed by atoms with Gasteiger partial charge in [0.2, 0.25) is 0 Å². The fourth-order valence-corrected chi connectivity index (χ4v) is 5.87. The van der Waals surface area contributed by atoms with Crippen molar-refractivity contribution in [3.63, 3.8) is 0 Å². The molecule has 1 aromatic rings. The minimum atomic E-state index is -0.946. The van der Waals surface area contributed by atoms with Gasteiger partial charge in [0.25, 0.3) is 11.5 Å². The first kappa shape index (κ1) is 28.4. The average Bonchev–Trinajstić information content (AvgIpc) is 3.13. The van der Waals surface area contributed by atoms with Crippen LogP contribution in [0.1, 0.15) is 56.2 Å². The molecule has 3 rings (SSSR count). The number of thiocarbonyl (C=S) groups is 1. The predicted octanol–water partition coefficient (Wildman–Crippen LogP) is 2.89. The number of pyridine rings is 1. The molecule has 1 aromatic heterocycles. The maximum Gasteiger partial charge on any atom is 0.309 e. The van der Waals surface area contributed by atoms with E-state index in [1.807, 2.05) is 17.9 Å². The van der Waals surface area contributed by atoms with Gasteiger partial charge in [-0.3, -0.25) is 28.6 Å². The SMILES string of the molecule is CCOC(=O)C1CCN(c2c(/C=C3/SC(=S)N(CCCC(=O)O)C3=O)c(C)c(C#N)c(=O)n2CC)CC1. The van der Waals surface area contributed by atoms with Gasteiger partial charge in [-0.25, -0.2) is 0 Å². The third kappa shape index (κ3) is 6.05. The summed E-state index contributed by atoms with van der Waals surface area (Å²) in [5, 5.41) is 18.6. The van der Waals surface area contributed by atoms with E-state index in [0.29, 0.717) is 65.3 Å². The normalized spacial score (nSPS) is 17.4. The lowest BCUT2D eigenvalue weighted by Gasteiger charge is -2.35. The number of anilines is 1. The minimum Gasteiger partial charge on any atom is -0.481 e. The highest BCUT2D eigenvalue weighted by Crippen LogP contribution is 2.37. The number of ether oxygens (including phenoxy) is 1. The summed E-state index contributed by atoms with van der Waals surface area (Å²) in [5.41, 5.74) is 0.660. The number of carboxylic acids is 1. The van der Waals surface area contributed by atoms with Gasteiger partial charge >= 0.3 is 11.9 Å². The van der Waals surface area contributed by atoms with Crippen LogP contribution in [0.3, 0.4) is 0 Å². The lowest BCUT2D eigenvalue weighted by atomic mass is 9.95. The Morgan fingerprint density at radius 2 is 1.95 bits per heavy atom. The van der Waals surface area contributed by atoms with E-state index in [2.05, 4.69) is 0 Å². The molecule has 0 radical (unpaired) electrons. The third-order valence-corrected chi connectivity index (χ3v) is 7.88. The van der Waals surface area contributed by atoms with Crippen molar-refractivity contribution in [1.82, 2.24) is 9.47 Å². The van der Waals surface area contributed by atoms with Crippen molar-refractivity contribution >= 4 is 58.0 Å². The number of hydrogen-bond acceptors (Lipinski definition) is 9. The lowest BCUT2D eigenvalue weighted by Crippen LogP contribution is -2.41. The standard InChI is InChI=1S/C25H30N4O6S2/c1-4-28-21(27-11-8-16(9-12-27)24(34)35-5-2)17(15(3)18(14-26)22(28)32)13-19-23(33)29(25(36)37-19)10-6-7-20(30)31/h13,16H,4-12H2,1-3H3,(H,30,31)/b19-13+. The number of rotatable bonds is 9. The van der Waals surface area contributed by atoms with E-state index in [1.165, 1.54) is 9.47 Å². The van der Waals surface area contributed by atoms with Crippen molar-refractivity contribution in [2.75, 3.05) is 31.1 Å². The Hall–Kier alpha value is -3.17. The zero-order chi connectivity index (χ0) is 27.3. The molecule has 2 saturated heterocycles. The van der Waals surface area contributed by atoms with Crippen LogP contribution < -0.4 is 10.5 Å². The van der Waals surface area contributed by atoms with E-state index < -0.39 is 11.5 Å². The van der Waals surface area contributed by atoms with E-state index in [9.17, 15) is 24.4 Å². The summed E-state index contributed by atoms with van der Waals surface area (Å²) in [4.78, 5) is 53.2. The molecule has 0 unspecified atom stereocenters. The smallest absolute Gasteiger partial charge is 0.309 e. The summed E-state index contributed by atoms with van der Waals surface area (Å²) >= 11 is 6.49. The summed E-state index contributed by atoms with van der Waals surface area (Å²) in [5.74, 6) is -1.12. The van der Waals surface area contributed by atoms with E-state index in [0.717, 1.165) is 11.8 Å². The number of piperidine rings is 1. The second-order valence-corrected chi connectivity index (χ2v) is 10.4. The number of carbonyl (C=O) groups excluding carboxylic acids is 2. The van der Waals surface area contributed by atoms with Crippen LogP contribution in [0.2, 0.25) is 0 Å². The Bertz CT molecular complexity index is 1240. The second kappa shape index (κ2) is 12.4. The van der Waals surface area contributed by atoms with Crippen LogP contribution in [0, 0.1) is 24.2 Å². The number of aliphatic carboxylic acids is 1. The van der Waals surface area contributed by atoms with E-state index >= 15 is 0 Å². The molecule has 12 heteroatoms. The molecule has 0 atom stereocenters.